The van der Waals surface area contributed by atoms with E-state index in [4.69, 9.17) is 39.3 Å². The molecular formula is C11H23Cl3N3O2P. The summed E-state index contributed by atoms with van der Waals surface area (Å²) in [5.41, 5.74) is 0. The van der Waals surface area contributed by atoms with Crippen molar-refractivity contribution in [1.82, 2.24) is 14.7 Å². The first-order chi connectivity index (χ1) is 9.69. The minimum atomic E-state index is -2.97. The zero-order valence-electron chi connectivity index (χ0n) is 11.6. The van der Waals surface area contributed by atoms with Gasteiger partial charge in [-0.25, -0.2) is 9.34 Å². The molecule has 0 aromatic rings. The molecule has 5 nitrogen and oxygen atoms in total. The lowest BCUT2D eigenvalue weighted by molar-refractivity contribution is 0.171. The summed E-state index contributed by atoms with van der Waals surface area (Å²) < 4.78 is 22.0. The molecule has 0 bridgehead atoms. The summed E-state index contributed by atoms with van der Waals surface area (Å²) in [4.78, 5) is 0. The number of hydrogen-bond acceptors (Lipinski definition) is 3. The standard InChI is InChI=1S/C9H18Cl3N2O2P.C2H5N/c10-2-6-13-5-1-9-16-17(13,15)14(7-3-11)8-4-12;1-2-3-1/h1-9H2;3H,1-2H2. The number of hydrogen-bond donors (Lipinski definition) is 1. The molecule has 0 saturated carbocycles. The highest BCUT2D eigenvalue weighted by molar-refractivity contribution is 7.54. The van der Waals surface area contributed by atoms with Gasteiger partial charge in [0.15, 0.2) is 0 Å². The van der Waals surface area contributed by atoms with Crippen LogP contribution >= 0.6 is 42.5 Å². The third-order valence-corrected chi connectivity index (χ3v) is 6.07. The smallest absolute Gasteiger partial charge is 0.314 e. The van der Waals surface area contributed by atoms with E-state index in [0.717, 1.165) is 13.0 Å². The van der Waals surface area contributed by atoms with Crippen molar-refractivity contribution in [2.24, 2.45) is 0 Å². The molecule has 9 heteroatoms. The first kappa shape index (κ1) is 19.0. The number of rotatable bonds is 7. The Kier molecular flexibility index (Phi) is 10.1. The highest BCUT2D eigenvalue weighted by Gasteiger charge is 2.40. The van der Waals surface area contributed by atoms with E-state index >= 15 is 0 Å². The average Bonchev–Trinajstić information content (AvgIpc) is 3.30. The molecule has 20 heavy (non-hydrogen) atoms. The van der Waals surface area contributed by atoms with Gasteiger partial charge in [0, 0.05) is 56.9 Å². The topological polar surface area (TPSA) is 54.7 Å². The second-order valence-corrected chi connectivity index (χ2v) is 7.91. The molecule has 0 spiro atoms. The monoisotopic (exact) mass is 365 g/mol. The fourth-order valence-corrected chi connectivity index (χ4v) is 5.26. The molecule has 120 valence electrons. The van der Waals surface area contributed by atoms with Gasteiger partial charge in [0.05, 0.1) is 6.61 Å². The summed E-state index contributed by atoms with van der Waals surface area (Å²) in [5, 5.41) is 3.00. The Bertz CT molecular complexity index is 300. The maximum atomic E-state index is 12.9. The molecule has 2 aliphatic rings. The van der Waals surface area contributed by atoms with E-state index in [1.54, 1.807) is 4.67 Å². The number of halogens is 3. The minimum absolute atomic E-state index is 0.402. The van der Waals surface area contributed by atoms with Crippen molar-refractivity contribution in [3.63, 3.8) is 0 Å². The van der Waals surface area contributed by atoms with E-state index in [-0.39, 0.29) is 0 Å². The maximum Gasteiger partial charge on any atom is 0.346 e. The summed E-state index contributed by atoms with van der Waals surface area (Å²) in [7, 11) is -2.97. The molecule has 2 fully saturated rings. The van der Waals surface area contributed by atoms with Crippen LogP contribution in [0.3, 0.4) is 0 Å². The molecular weight excluding hydrogens is 343 g/mol. The molecule has 0 radical (unpaired) electrons. The SMILES string of the molecule is C1CN1.O=P1(N(CCCl)CCCl)OCCCN1CCCl. The largest absolute Gasteiger partial charge is 0.346 e. The van der Waals surface area contributed by atoms with E-state index in [1.165, 1.54) is 13.1 Å². The summed E-state index contributed by atoms with van der Waals surface area (Å²) in [6.07, 6.45) is 0.871. The van der Waals surface area contributed by atoms with Crippen LogP contribution in [0.4, 0.5) is 0 Å². The fourth-order valence-electron chi connectivity index (χ4n) is 1.79. The van der Waals surface area contributed by atoms with E-state index in [1.807, 2.05) is 4.67 Å². The van der Waals surface area contributed by atoms with E-state index in [2.05, 4.69) is 5.32 Å². The summed E-state index contributed by atoms with van der Waals surface area (Å²) in [5.74, 6) is 1.24. The molecule has 2 saturated heterocycles. The van der Waals surface area contributed by atoms with Gasteiger partial charge in [0.2, 0.25) is 0 Å². The van der Waals surface area contributed by atoms with Crippen LogP contribution in [-0.4, -0.2) is 72.9 Å². The van der Waals surface area contributed by atoms with Gasteiger partial charge in [-0.3, -0.25) is 4.57 Å². The van der Waals surface area contributed by atoms with Gasteiger partial charge >= 0.3 is 7.67 Å². The van der Waals surface area contributed by atoms with Crippen LogP contribution in [0.2, 0.25) is 0 Å². The quantitative estimate of drug-likeness (QED) is 0.426. The van der Waals surface area contributed by atoms with E-state index in [9.17, 15) is 4.57 Å². The first-order valence-corrected chi connectivity index (χ1v) is 9.96. The van der Waals surface area contributed by atoms with Gasteiger partial charge in [-0.15, -0.1) is 34.8 Å². The van der Waals surface area contributed by atoms with Gasteiger partial charge in [0.25, 0.3) is 0 Å². The van der Waals surface area contributed by atoms with Crippen molar-refractivity contribution in [2.45, 2.75) is 6.42 Å². The normalized spacial score (nSPS) is 26.2. The zero-order chi connectivity index (χ0) is 14.8. The molecule has 1 atom stereocenters. The lowest BCUT2D eigenvalue weighted by Gasteiger charge is -2.40. The van der Waals surface area contributed by atoms with Gasteiger partial charge in [0.1, 0.15) is 0 Å². The Morgan fingerprint density at radius 2 is 1.75 bits per heavy atom. The maximum absolute atomic E-state index is 12.9. The molecule has 0 amide bonds. The van der Waals surface area contributed by atoms with E-state index < -0.39 is 7.67 Å². The average molecular weight is 367 g/mol. The van der Waals surface area contributed by atoms with Gasteiger partial charge in [-0.1, -0.05) is 0 Å². The van der Waals surface area contributed by atoms with Gasteiger partial charge in [-0.05, 0) is 6.42 Å². The van der Waals surface area contributed by atoms with Crippen molar-refractivity contribution in [3.8, 4) is 0 Å². The van der Waals surface area contributed by atoms with Crippen LogP contribution in [-0.2, 0) is 9.09 Å². The Morgan fingerprint density at radius 3 is 2.20 bits per heavy atom. The molecule has 1 N–H and O–H groups in total. The summed E-state index contributed by atoms with van der Waals surface area (Å²) in [6.45, 7) is 5.32. The van der Waals surface area contributed by atoms with Crippen molar-refractivity contribution in [1.29, 1.82) is 0 Å². The Hall–Kier alpha value is 0.940. The van der Waals surface area contributed by atoms with Crippen molar-refractivity contribution in [3.05, 3.63) is 0 Å². The Balaban J connectivity index is 0.000000584. The molecule has 2 aliphatic heterocycles. The minimum Gasteiger partial charge on any atom is -0.314 e. The summed E-state index contributed by atoms with van der Waals surface area (Å²) >= 11 is 17.2. The highest BCUT2D eigenvalue weighted by Crippen LogP contribution is 2.56. The molecule has 1 unspecified atom stereocenters. The lowest BCUT2D eigenvalue weighted by atomic mass is 10.4. The third-order valence-electron chi connectivity index (χ3n) is 2.81. The number of nitrogens with one attached hydrogen (secondary N) is 1. The lowest BCUT2D eigenvalue weighted by Crippen LogP contribution is -2.39. The number of alkyl halides is 3. The molecule has 0 aromatic heterocycles. The third kappa shape index (κ3) is 6.37. The van der Waals surface area contributed by atoms with Crippen LogP contribution < -0.4 is 5.32 Å². The van der Waals surface area contributed by atoms with Gasteiger partial charge in [-0.2, -0.15) is 0 Å². The summed E-state index contributed by atoms with van der Waals surface area (Å²) in [6, 6.07) is 0. The van der Waals surface area contributed by atoms with Crippen molar-refractivity contribution in [2.75, 3.05) is 63.5 Å². The predicted octanol–water partition coefficient (Wildman–Crippen LogP) is 2.42. The van der Waals surface area contributed by atoms with Crippen LogP contribution in [0.1, 0.15) is 6.42 Å². The molecule has 2 rings (SSSR count). The fraction of sp³-hybridized carbons (Fsp3) is 1.00. The molecule has 2 heterocycles. The molecule has 0 aromatic carbocycles. The van der Waals surface area contributed by atoms with Crippen molar-refractivity contribution < 1.29 is 9.09 Å². The van der Waals surface area contributed by atoms with Crippen LogP contribution in [0.25, 0.3) is 0 Å². The zero-order valence-corrected chi connectivity index (χ0v) is 14.7. The molecule has 0 aliphatic carbocycles. The first-order valence-electron chi connectivity index (χ1n) is 6.83. The number of nitrogens with zero attached hydrogens (tertiary/aromatic N) is 2. The predicted molar refractivity (Wildman–Crippen MR) is 86.4 cm³/mol. The second kappa shape index (κ2) is 10.6. The Labute approximate surface area is 136 Å². The van der Waals surface area contributed by atoms with Crippen molar-refractivity contribution >= 4 is 42.5 Å². The highest BCUT2D eigenvalue weighted by atomic mass is 35.5. The van der Waals surface area contributed by atoms with Gasteiger partial charge < -0.3 is 9.84 Å². The Morgan fingerprint density at radius 1 is 1.15 bits per heavy atom. The van der Waals surface area contributed by atoms with Crippen LogP contribution in [0, 0.1) is 0 Å². The van der Waals surface area contributed by atoms with Crippen LogP contribution in [0.15, 0.2) is 0 Å². The van der Waals surface area contributed by atoms with Crippen LogP contribution in [0.5, 0.6) is 0 Å². The second-order valence-electron chi connectivity index (χ2n) is 4.40. The van der Waals surface area contributed by atoms with E-state index in [0.29, 0.717) is 43.9 Å².